The van der Waals surface area contributed by atoms with E-state index in [0.717, 1.165) is 5.69 Å². The molecule has 0 aliphatic rings. The van der Waals surface area contributed by atoms with Gasteiger partial charge < -0.3 is 11.1 Å². The van der Waals surface area contributed by atoms with Crippen LogP contribution in [0.2, 0.25) is 0 Å². The van der Waals surface area contributed by atoms with Gasteiger partial charge in [-0.1, -0.05) is 0 Å². The molecule has 0 saturated carbocycles. The van der Waals surface area contributed by atoms with E-state index in [-0.39, 0.29) is 6.04 Å². The van der Waals surface area contributed by atoms with Crippen molar-refractivity contribution >= 4 is 22.3 Å². The monoisotopic (exact) mass is 213 g/mol. The number of nitrogen functional groups attached to an aromatic ring is 1. The summed E-state index contributed by atoms with van der Waals surface area (Å²) in [6.07, 6.45) is 3.34. The van der Waals surface area contributed by atoms with E-state index in [9.17, 15) is 4.21 Å². The number of aromatic nitrogens is 1. The van der Waals surface area contributed by atoms with E-state index in [1.165, 1.54) is 0 Å². The quantitative estimate of drug-likeness (QED) is 0.778. The molecule has 2 unspecified atom stereocenters. The number of nitrogens with one attached hydrogen (secondary N) is 1. The Balaban J connectivity index is 2.55. The SMILES string of the molecule is CC(CS(C)=O)Nc1ccnc(N)c1. The third kappa shape index (κ3) is 3.74. The maximum atomic E-state index is 10.9. The summed E-state index contributed by atoms with van der Waals surface area (Å²) in [6.45, 7) is 1.98. The lowest BCUT2D eigenvalue weighted by Gasteiger charge is -2.13. The second kappa shape index (κ2) is 4.95. The standard InChI is InChI=1S/C9H15N3OS/c1-7(6-14(2)13)12-8-3-4-11-9(10)5-8/h3-5,7H,6H2,1-2H3,(H3,10,11,12). The Kier molecular flexibility index (Phi) is 3.88. The molecule has 14 heavy (non-hydrogen) atoms. The number of nitrogens with zero attached hydrogens (tertiary/aromatic N) is 1. The molecule has 0 amide bonds. The predicted octanol–water partition coefficient (Wildman–Crippen LogP) is 0.843. The average Bonchev–Trinajstić information content (AvgIpc) is 2.01. The molecule has 0 aliphatic heterocycles. The number of hydrogen-bond donors (Lipinski definition) is 2. The van der Waals surface area contributed by atoms with Gasteiger partial charge in [0.1, 0.15) is 5.82 Å². The van der Waals surface area contributed by atoms with Gasteiger partial charge in [-0.05, 0) is 13.0 Å². The third-order valence-corrected chi connectivity index (χ3v) is 2.65. The van der Waals surface area contributed by atoms with E-state index in [1.807, 2.05) is 13.0 Å². The Labute approximate surface area is 86.4 Å². The molecule has 1 rings (SSSR count). The van der Waals surface area contributed by atoms with Gasteiger partial charge in [0.25, 0.3) is 0 Å². The number of rotatable bonds is 4. The molecular weight excluding hydrogens is 198 g/mol. The minimum atomic E-state index is -0.784. The molecule has 1 heterocycles. The van der Waals surface area contributed by atoms with Crippen molar-refractivity contribution in [1.82, 2.24) is 4.98 Å². The van der Waals surface area contributed by atoms with Crippen molar-refractivity contribution in [2.24, 2.45) is 0 Å². The molecule has 0 aliphatic carbocycles. The van der Waals surface area contributed by atoms with Crippen LogP contribution in [0.5, 0.6) is 0 Å². The van der Waals surface area contributed by atoms with Gasteiger partial charge in [-0.3, -0.25) is 4.21 Å². The highest BCUT2D eigenvalue weighted by molar-refractivity contribution is 7.84. The number of pyridine rings is 1. The Bertz CT molecular complexity index is 330. The van der Waals surface area contributed by atoms with Gasteiger partial charge >= 0.3 is 0 Å². The maximum absolute atomic E-state index is 10.9. The van der Waals surface area contributed by atoms with Crippen LogP contribution in [-0.2, 0) is 10.8 Å². The summed E-state index contributed by atoms with van der Waals surface area (Å²) in [6, 6.07) is 3.77. The second-order valence-electron chi connectivity index (χ2n) is 3.25. The van der Waals surface area contributed by atoms with Crippen LogP contribution in [0.15, 0.2) is 18.3 Å². The van der Waals surface area contributed by atoms with Crippen molar-refractivity contribution in [1.29, 1.82) is 0 Å². The van der Waals surface area contributed by atoms with Gasteiger partial charge in [-0.25, -0.2) is 4.98 Å². The van der Waals surface area contributed by atoms with Crippen LogP contribution in [0.4, 0.5) is 11.5 Å². The van der Waals surface area contributed by atoms with Crippen molar-refractivity contribution in [3.05, 3.63) is 18.3 Å². The normalized spacial score (nSPS) is 14.7. The molecule has 5 heteroatoms. The minimum Gasteiger partial charge on any atom is -0.384 e. The fraction of sp³-hybridized carbons (Fsp3) is 0.444. The lowest BCUT2D eigenvalue weighted by molar-refractivity contribution is 0.683. The molecule has 0 spiro atoms. The molecule has 1 aromatic heterocycles. The molecule has 0 bridgehead atoms. The fourth-order valence-corrected chi connectivity index (χ4v) is 2.00. The molecule has 0 fully saturated rings. The minimum absolute atomic E-state index is 0.169. The Hall–Kier alpha value is -1.10. The second-order valence-corrected chi connectivity index (χ2v) is 4.73. The average molecular weight is 213 g/mol. The van der Waals surface area contributed by atoms with Crippen LogP contribution in [-0.4, -0.2) is 27.2 Å². The topological polar surface area (TPSA) is 68.0 Å². The van der Waals surface area contributed by atoms with Crippen LogP contribution in [0, 0.1) is 0 Å². The van der Waals surface area contributed by atoms with Crippen LogP contribution in [0.3, 0.4) is 0 Å². The summed E-state index contributed by atoms with van der Waals surface area (Å²) >= 11 is 0. The highest BCUT2D eigenvalue weighted by atomic mass is 32.2. The maximum Gasteiger partial charge on any atom is 0.125 e. The molecule has 4 nitrogen and oxygen atoms in total. The smallest absolute Gasteiger partial charge is 0.125 e. The molecule has 0 radical (unpaired) electrons. The summed E-state index contributed by atoms with van der Waals surface area (Å²) in [7, 11) is -0.784. The van der Waals surface area contributed by atoms with Gasteiger partial charge in [0, 0.05) is 46.8 Å². The third-order valence-electron chi connectivity index (χ3n) is 1.68. The number of nitrogens with two attached hydrogens (primary N) is 1. The Morgan fingerprint density at radius 1 is 1.71 bits per heavy atom. The number of anilines is 2. The zero-order valence-corrected chi connectivity index (χ0v) is 9.17. The first kappa shape index (κ1) is 11.0. The first-order valence-electron chi connectivity index (χ1n) is 4.36. The largest absolute Gasteiger partial charge is 0.384 e. The van der Waals surface area contributed by atoms with E-state index in [1.54, 1.807) is 18.5 Å². The summed E-state index contributed by atoms with van der Waals surface area (Å²) in [5.41, 5.74) is 6.44. The van der Waals surface area contributed by atoms with E-state index in [4.69, 9.17) is 5.73 Å². The lowest BCUT2D eigenvalue weighted by atomic mass is 10.3. The zero-order chi connectivity index (χ0) is 10.6. The Morgan fingerprint density at radius 3 is 3.00 bits per heavy atom. The van der Waals surface area contributed by atoms with E-state index in [0.29, 0.717) is 11.6 Å². The van der Waals surface area contributed by atoms with E-state index < -0.39 is 10.8 Å². The van der Waals surface area contributed by atoms with Gasteiger partial charge in [0.2, 0.25) is 0 Å². The van der Waals surface area contributed by atoms with Crippen molar-refractivity contribution in [3.63, 3.8) is 0 Å². The summed E-state index contributed by atoms with van der Waals surface area (Å²) < 4.78 is 10.9. The van der Waals surface area contributed by atoms with Gasteiger partial charge in [0.05, 0.1) is 0 Å². The molecule has 0 saturated heterocycles. The van der Waals surface area contributed by atoms with Gasteiger partial charge in [-0.15, -0.1) is 0 Å². The van der Waals surface area contributed by atoms with E-state index in [2.05, 4.69) is 10.3 Å². The van der Waals surface area contributed by atoms with Gasteiger partial charge in [-0.2, -0.15) is 0 Å². The summed E-state index contributed by atoms with van der Waals surface area (Å²) in [4.78, 5) is 3.89. The molecule has 0 aromatic carbocycles. The van der Waals surface area contributed by atoms with Crippen LogP contribution < -0.4 is 11.1 Å². The summed E-state index contributed by atoms with van der Waals surface area (Å²) in [5.74, 6) is 1.11. The van der Waals surface area contributed by atoms with Gasteiger partial charge in [0.15, 0.2) is 0 Å². The van der Waals surface area contributed by atoms with Crippen LogP contribution in [0.1, 0.15) is 6.92 Å². The van der Waals surface area contributed by atoms with Crippen molar-refractivity contribution in [2.45, 2.75) is 13.0 Å². The highest BCUT2D eigenvalue weighted by Crippen LogP contribution is 2.10. The number of hydrogen-bond acceptors (Lipinski definition) is 4. The van der Waals surface area contributed by atoms with Crippen molar-refractivity contribution < 1.29 is 4.21 Å². The van der Waals surface area contributed by atoms with Crippen molar-refractivity contribution in [3.8, 4) is 0 Å². The fourth-order valence-electron chi connectivity index (χ4n) is 1.22. The molecular formula is C9H15N3OS. The van der Waals surface area contributed by atoms with E-state index >= 15 is 0 Å². The first-order valence-corrected chi connectivity index (χ1v) is 6.08. The molecule has 2 atom stereocenters. The predicted molar refractivity (Wildman–Crippen MR) is 60.7 cm³/mol. The lowest BCUT2D eigenvalue weighted by Crippen LogP contribution is -2.22. The van der Waals surface area contributed by atoms with Crippen molar-refractivity contribution in [2.75, 3.05) is 23.1 Å². The van der Waals surface area contributed by atoms with Crippen LogP contribution in [0.25, 0.3) is 0 Å². The van der Waals surface area contributed by atoms with Crippen LogP contribution >= 0.6 is 0 Å². The Morgan fingerprint density at radius 2 is 2.43 bits per heavy atom. The molecule has 78 valence electrons. The first-order chi connectivity index (χ1) is 6.58. The molecule has 3 N–H and O–H groups in total. The highest BCUT2D eigenvalue weighted by Gasteiger charge is 2.03. The zero-order valence-electron chi connectivity index (χ0n) is 8.36. The molecule has 1 aromatic rings. The summed E-state index contributed by atoms with van der Waals surface area (Å²) in [5, 5.41) is 3.20.